The fraction of sp³-hybridized carbons (Fsp3) is 0.455. The first-order valence-corrected chi connectivity index (χ1v) is 12.2. The number of piperazine rings is 1. The number of morpholine rings is 1. The topological polar surface area (TPSA) is 97.8 Å². The molecule has 0 amide bonds. The van der Waals surface area contributed by atoms with Crippen molar-refractivity contribution >= 4 is 34.6 Å². The Hall–Kier alpha value is -2.89. The van der Waals surface area contributed by atoms with Crippen LogP contribution in [0.1, 0.15) is 5.56 Å². The van der Waals surface area contributed by atoms with E-state index in [-0.39, 0.29) is 6.79 Å². The highest BCUT2D eigenvalue weighted by Crippen LogP contribution is 2.36. The van der Waals surface area contributed by atoms with Gasteiger partial charge in [-0.25, -0.2) is 15.0 Å². The maximum atomic E-state index is 5.56. The predicted molar refractivity (Wildman–Crippen MR) is 125 cm³/mol. The molecule has 172 valence electrons. The Morgan fingerprint density at radius 2 is 1.76 bits per heavy atom. The van der Waals surface area contributed by atoms with Crippen molar-refractivity contribution in [2.24, 2.45) is 0 Å². The van der Waals surface area contributed by atoms with Crippen LogP contribution in [0.4, 0.5) is 11.8 Å². The molecular weight excluding hydrogens is 442 g/mol. The lowest BCUT2D eigenvalue weighted by Gasteiger charge is -2.31. The minimum atomic E-state index is 0.276. The van der Waals surface area contributed by atoms with Crippen LogP contribution in [0.25, 0.3) is 11.0 Å². The van der Waals surface area contributed by atoms with Gasteiger partial charge < -0.3 is 29.3 Å². The van der Waals surface area contributed by atoms with E-state index in [0.29, 0.717) is 13.2 Å². The highest BCUT2D eigenvalue weighted by molar-refractivity contribution is 7.98. The second-order valence-electron chi connectivity index (χ2n) is 8.04. The first-order chi connectivity index (χ1) is 16.3. The molecule has 0 radical (unpaired) electrons. The van der Waals surface area contributed by atoms with Crippen LogP contribution in [-0.4, -0.2) is 79.2 Å². The molecule has 1 aromatic carbocycles. The van der Waals surface area contributed by atoms with E-state index in [1.54, 1.807) is 18.1 Å². The molecule has 2 aromatic heterocycles. The lowest BCUT2D eigenvalue weighted by molar-refractivity contribution is 0.122. The van der Waals surface area contributed by atoms with E-state index in [2.05, 4.69) is 31.2 Å². The van der Waals surface area contributed by atoms with Crippen molar-refractivity contribution in [1.29, 1.82) is 0 Å². The number of benzene rings is 1. The van der Waals surface area contributed by atoms with E-state index in [0.717, 1.165) is 89.9 Å². The van der Waals surface area contributed by atoms with Gasteiger partial charge in [0.1, 0.15) is 22.4 Å². The molecule has 0 aliphatic carbocycles. The van der Waals surface area contributed by atoms with Gasteiger partial charge >= 0.3 is 0 Å². The summed E-state index contributed by atoms with van der Waals surface area (Å²) in [6.45, 7) is 6.82. The zero-order valence-electron chi connectivity index (χ0n) is 18.2. The molecule has 2 fully saturated rings. The molecule has 10 nitrogen and oxygen atoms in total. The van der Waals surface area contributed by atoms with Crippen LogP contribution >= 0.6 is 11.8 Å². The van der Waals surface area contributed by atoms with Gasteiger partial charge in [-0.15, -0.1) is 0 Å². The number of hydrogen-bond acceptors (Lipinski definition) is 11. The molecule has 2 saturated heterocycles. The fourth-order valence-electron chi connectivity index (χ4n) is 4.19. The second kappa shape index (κ2) is 9.16. The summed E-state index contributed by atoms with van der Waals surface area (Å²) in [7, 11) is 0. The van der Waals surface area contributed by atoms with E-state index in [1.165, 1.54) is 0 Å². The molecule has 0 saturated carbocycles. The first-order valence-electron chi connectivity index (χ1n) is 11.2. The lowest BCUT2D eigenvalue weighted by atomic mass is 10.2. The Morgan fingerprint density at radius 1 is 0.909 bits per heavy atom. The fourth-order valence-corrected chi connectivity index (χ4v) is 5.07. The van der Waals surface area contributed by atoms with Crippen molar-refractivity contribution in [3.63, 3.8) is 0 Å². The Labute approximate surface area is 195 Å². The molecule has 11 heteroatoms. The molecule has 5 heterocycles. The van der Waals surface area contributed by atoms with Crippen LogP contribution in [0, 0.1) is 0 Å². The van der Waals surface area contributed by atoms with Gasteiger partial charge in [-0.1, -0.05) is 17.8 Å². The summed E-state index contributed by atoms with van der Waals surface area (Å²) < 4.78 is 16.5. The van der Waals surface area contributed by atoms with E-state index in [1.807, 2.05) is 12.1 Å². The summed E-state index contributed by atoms with van der Waals surface area (Å²) >= 11 is 1.65. The van der Waals surface area contributed by atoms with E-state index in [9.17, 15) is 0 Å². The zero-order chi connectivity index (χ0) is 22.0. The molecule has 1 N–H and O–H groups in total. The normalized spacial score (nSPS) is 18.2. The van der Waals surface area contributed by atoms with Crippen molar-refractivity contribution in [3.05, 3.63) is 30.1 Å². The van der Waals surface area contributed by atoms with Crippen molar-refractivity contribution < 1.29 is 14.2 Å². The summed E-state index contributed by atoms with van der Waals surface area (Å²) in [6.07, 6.45) is 1.61. The van der Waals surface area contributed by atoms with Crippen LogP contribution < -0.4 is 24.6 Å². The summed E-state index contributed by atoms with van der Waals surface area (Å²) in [5.41, 5.74) is 2.73. The molecule has 6 rings (SSSR count). The molecule has 0 atom stereocenters. The monoisotopic (exact) mass is 467 g/mol. The van der Waals surface area contributed by atoms with Gasteiger partial charge in [0.2, 0.25) is 12.7 Å². The highest BCUT2D eigenvalue weighted by atomic mass is 32.2. The molecule has 0 spiro atoms. The van der Waals surface area contributed by atoms with Crippen LogP contribution in [0.3, 0.4) is 0 Å². The molecule has 3 aliphatic heterocycles. The Balaban J connectivity index is 1.36. The maximum absolute atomic E-state index is 5.56. The maximum Gasteiger partial charge on any atom is 0.231 e. The van der Waals surface area contributed by atoms with Crippen molar-refractivity contribution in [1.82, 2.24) is 25.3 Å². The number of rotatable bonds is 5. The number of fused-ring (bicyclic) bond motifs is 2. The predicted octanol–water partition coefficient (Wildman–Crippen LogP) is 1.69. The molecule has 3 aliphatic rings. The summed E-state index contributed by atoms with van der Waals surface area (Å²) in [4.78, 5) is 23.6. The number of thioether (sulfide) groups is 1. The minimum absolute atomic E-state index is 0.276. The number of anilines is 2. The Kier molecular flexibility index (Phi) is 5.75. The third-order valence-corrected chi connectivity index (χ3v) is 6.99. The lowest BCUT2D eigenvalue weighted by Crippen LogP contribution is -2.44. The Morgan fingerprint density at radius 3 is 2.64 bits per heavy atom. The number of hydrogen-bond donors (Lipinski definition) is 1. The molecule has 3 aromatic rings. The van der Waals surface area contributed by atoms with Crippen LogP contribution in [0.5, 0.6) is 11.5 Å². The number of aromatic nitrogens is 4. The number of nitrogens with one attached hydrogen (secondary N) is 1. The SMILES string of the molecule is c1nc(SCc2ccc3c(c2)OCO3)c2nc(N3CCNCC3)nc(N3CCOCC3)c2n1. The van der Waals surface area contributed by atoms with Crippen LogP contribution in [-0.2, 0) is 10.5 Å². The summed E-state index contributed by atoms with van der Waals surface area (Å²) in [5, 5.41) is 4.25. The van der Waals surface area contributed by atoms with Crippen LogP contribution in [0.2, 0.25) is 0 Å². The van der Waals surface area contributed by atoms with E-state index in [4.69, 9.17) is 24.2 Å². The average molecular weight is 468 g/mol. The van der Waals surface area contributed by atoms with Gasteiger partial charge in [-0.3, -0.25) is 0 Å². The quantitative estimate of drug-likeness (QED) is 0.438. The van der Waals surface area contributed by atoms with Gasteiger partial charge in [-0.2, -0.15) is 4.98 Å². The van der Waals surface area contributed by atoms with E-state index >= 15 is 0 Å². The van der Waals surface area contributed by atoms with Gasteiger partial charge in [-0.05, 0) is 17.7 Å². The van der Waals surface area contributed by atoms with Crippen LogP contribution in [0.15, 0.2) is 29.6 Å². The molecule has 0 unspecified atom stereocenters. The summed E-state index contributed by atoms with van der Waals surface area (Å²) in [6, 6.07) is 6.04. The van der Waals surface area contributed by atoms with Crippen molar-refractivity contribution in [3.8, 4) is 11.5 Å². The van der Waals surface area contributed by atoms with Gasteiger partial charge in [0.25, 0.3) is 0 Å². The third kappa shape index (κ3) is 4.23. The van der Waals surface area contributed by atoms with Crippen molar-refractivity contribution in [2.45, 2.75) is 10.8 Å². The summed E-state index contributed by atoms with van der Waals surface area (Å²) in [5.74, 6) is 3.93. The smallest absolute Gasteiger partial charge is 0.231 e. The zero-order valence-corrected chi connectivity index (χ0v) is 19.0. The highest BCUT2D eigenvalue weighted by Gasteiger charge is 2.23. The number of ether oxygens (including phenoxy) is 3. The largest absolute Gasteiger partial charge is 0.454 e. The minimum Gasteiger partial charge on any atom is -0.454 e. The Bertz CT molecular complexity index is 1150. The van der Waals surface area contributed by atoms with E-state index < -0.39 is 0 Å². The molecular formula is C22H25N7O3S. The third-order valence-electron chi connectivity index (χ3n) is 5.94. The van der Waals surface area contributed by atoms with Crippen molar-refractivity contribution in [2.75, 3.05) is 69.1 Å². The standard InChI is InChI=1S/C22H25N7O3S/c1-2-16-17(32-14-31-16)11-15(1)12-33-21-19-18(24-13-25-21)20(28-7-9-30-10-8-28)27-22(26-19)29-5-3-23-4-6-29/h1-2,11,13,23H,3-10,12,14H2. The van der Waals surface area contributed by atoms with Gasteiger partial charge in [0, 0.05) is 45.0 Å². The number of nitrogens with zero attached hydrogens (tertiary/aromatic N) is 6. The second-order valence-corrected chi connectivity index (χ2v) is 9.00. The van der Waals surface area contributed by atoms with Gasteiger partial charge in [0.15, 0.2) is 17.3 Å². The van der Waals surface area contributed by atoms with Gasteiger partial charge in [0.05, 0.1) is 13.2 Å². The molecule has 0 bridgehead atoms. The molecule has 33 heavy (non-hydrogen) atoms. The first kappa shape index (κ1) is 20.7. The average Bonchev–Trinajstić information content (AvgIpc) is 3.36.